The molecule has 0 bridgehead atoms. The van der Waals surface area contributed by atoms with E-state index in [0.29, 0.717) is 37.5 Å². The highest BCUT2D eigenvalue weighted by molar-refractivity contribution is 6.16. The Bertz CT molecular complexity index is 876. The summed E-state index contributed by atoms with van der Waals surface area (Å²) in [5.41, 5.74) is 2.49. The third kappa shape index (κ3) is 5.36. The van der Waals surface area contributed by atoms with Crippen LogP contribution in [0.3, 0.4) is 0 Å². The lowest BCUT2D eigenvalue weighted by molar-refractivity contribution is -0.133. The average Bonchev–Trinajstić information content (AvgIpc) is 3.10. The minimum atomic E-state index is -0.740. The molecule has 2 aromatic carbocycles. The number of carbonyl (C=O) groups excluding carboxylic acids is 2. The van der Waals surface area contributed by atoms with Crippen molar-refractivity contribution in [1.29, 1.82) is 0 Å². The number of ether oxygens (including phenoxy) is 1. The summed E-state index contributed by atoms with van der Waals surface area (Å²) in [5.74, 6) is -0.164. The lowest BCUT2D eigenvalue weighted by Gasteiger charge is -2.10. The zero-order valence-electron chi connectivity index (χ0n) is 15.8. The molecule has 0 saturated carbocycles. The van der Waals surface area contributed by atoms with Gasteiger partial charge in [0.25, 0.3) is 0 Å². The van der Waals surface area contributed by atoms with Gasteiger partial charge in [-0.05, 0) is 30.5 Å². The number of cyclic esters (lactones) is 1. The summed E-state index contributed by atoms with van der Waals surface area (Å²) in [6, 6.07) is 18.4. The summed E-state index contributed by atoms with van der Waals surface area (Å²) in [5, 5.41) is 2.77. The number of aliphatic imine (C=N–C) groups is 2. The number of rotatable bonds is 8. The van der Waals surface area contributed by atoms with Crippen molar-refractivity contribution in [1.82, 2.24) is 5.32 Å². The van der Waals surface area contributed by atoms with E-state index in [1.807, 2.05) is 60.7 Å². The highest BCUT2D eigenvalue weighted by atomic mass is 16.6. The molecule has 1 amide bonds. The predicted molar refractivity (Wildman–Crippen MR) is 108 cm³/mol. The van der Waals surface area contributed by atoms with Gasteiger partial charge in [-0.1, -0.05) is 48.5 Å². The molecule has 1 unspecified atom stereocenters. The minimum Gasteiger partial charge on any atom is -0.405 e. The van der Waals surface area contributed by atoms with Crippen LogP contribution >= 0.6 is 0 Å². The van der Waals surface area contributed by atoms with Gasteiger partial charge >= 0.3 is 5.97 Å². The van der Waals surface area contributed by atoms with Crippen molar-refractivity contribution < 1.29 is 14.3 Å². The summed E-state index contributed by atoms with van der Waals surface area (Å²) in [6.07, 6.45) is 1.23. The van der Waals surface area contributed by atoms with Gasteiger partial charge in [0.05, 0.1) is 6.54 Å². The Balaban J connectivity index is 1.77. The van der Waals surface area contributed by atoms with Crippen molar-refractivity contribution in [3.05, 3.63) is 71.8 Å². The first kappa shape index (κ1) is 19.5. The van der Waals surface area contributed by atoms with Crippen LogP contribution in [0.2, 0.25) is 0 Å². The first-order valence-electron chi connectivity index (χ1n) is 9.30. The lowest BCUT2D eigenvalue weighted by Crippen LogP contribution is -2.28. The third-order valence-electron chi connectivity index (χ3n) is 4.29. The van der Waals surface area contributed by atoms with Gasteiger partial charge in [-0.25, -0.2) is 9.79 Å². The van der Waals surface area contributed by atoms with Gasteiger partial charge in [0, 0.05) is 24.7 Å². The predicted octanol–water partition coefficient (Wildman–Crippen LogP) is 2.92. The Morgan fingerprint density at radius 2 is 1.79 bits per heavy atom. The van der Waals surface area contributed by atoms with Gasteiger partial charge in [-0.15, -0.1) is 0 Å². The summed E-state index contributed by atoms with van der Waals surface area (Å²) in [4.78, 5) is 32.7. The van der Waals surface area contributed by atoms with Crippen LogP contribution in [0, 0.1) is 0 Å². The summed E-state index contributed by atoms with van der Waals surface area (Å²) < 4.78 is 5.40. The molecular weight excluding hydrogens is 354 g/mol. The fraction of sp³-hybridized carbons (Fsp3) is 0.273. The number of hydrogen-bond acceptors (Lipinski definition) is 5. The van der Waals surface area contributed by atoms with Crippen LogP contribution < -0.4 is 5.32 Å². The molecule has 144 valence electrons. The van der Waals surface area contributed by atoms with E-state index in [-0.39, 0.29) is 5.91 Å². The molecule has 1 N–H and O–H groups in total. The smallest absolute Gasteiger partial charge is 0.343 e. The van der Waals surface area contributed by atoms with Gasteiger partial charge in [-0.2, -0.15) is 0 Å². The molecule has 1 atom stereocenters. The van der Waals surface area contributed by atoms with Crippen molar-refractivity contribution in [2.75, 3.05) is 6.54 Å². The van der Waals surface area contributed by atoms with E-state index in [4.69, 9.17) is 4.74 Å². The van der Waals surface area contributed by atoms with Crippen molar-refractivity contribution in [3.8, 4) is 0 Å². The average molecular weight is 377 g/mol. The zero-order chi connectivity index (χ0) is 19.8. The van der Waals surface area contributed by atoms with Crippen molar-refractivity contribution in [2.24, 2.45) is 9.98 Å². The number of hydrogen-bond donors (Lipinski definition) is 1. The molecule has 2 aromatic rings. The fourth-order valence-corrected chi connectivity index (χ4v) is 2.88. The molecule has 0 spiro atoms. The lowest BCUT2D eigenvalue weighted by atomic mass is 10.1. The number of benzene rings is 2. The summed E-state index contributed by atoms with van der Waals surface area (Å²) in [6.45, 7) is 2.47. The van der Waals surface area contributed by atoms with E-state index in [1.165, 1.54) is 6.92 Å². The normalized spacial score (nSPS) is 16.5. The number of nitrogens with zero attached hydrogens (tertiary/aromatic N) is 2. The van der Waals surface area contributed by atoms with Gasteiger partial charge in [0.15, 0.2) is 6.04 Å². The third-order valence-corrected chi connectivity index (χ3v) is 4.29. The van der Waals surface area contributed by atoms with Crippen molar-refractivity contribution in [3.63, 3.8) is 0 Å². The van der Waals surface area contributed by atoms with Crippen LogP contribution in [0.15, 0.2) is 70.6 Å². The first-order valence-corrected chi connectivity index (χ1v) is 9.30. The zero-order valence-corrected chi connectivity index (χ0v) is 15.8. The number of esters is 1. The van der Waals surface area contributed by atoms with E-state index in [2.05, 4.69) is 15.3 Å². The molecule has 3 rings (SSSR count). The topological polar surface area (TPSA) is 80.1 Å². The van der Waals surface area contributed by atoms with Crippen molar-refractivity contribution >= 4 is 23.5 Å². The molecule has 0 fully saturated rings. The molecule has 0 saturated heterocycles. The Labute approximate surface area is 164 Å². The number of carbonyl (C=O) groups is 2. The molecule has 6 heteroatoms. The quantitative estimate of drug-likeness (QED) is 0.436. The molecular formula is C22H23N3O3. The van der Waals surface area contributed by atoms with Gasteiger partial charge in [0.2, 0.25) is 11.8 Å². The van der Waals surface area contributed by atoms with Crippen LogP contribution in [0.4, 0.5) is 0 Å². The van der Waals surface area contributed by atoms with Crippen LogP contribution in [0.1, 0.15) is 30.9 Å². The maximum atomic E-state index is 12.5. The van der Waals surface area contributed by atoms with Gasteiger partial charge in [-0.3, -0.25) is 9.79 Å². The monoisotopic (exact) mass is 377 g/mol. The second-order valence-corrected chi connectivity index (χ2v) is 6.50. The molecule has 1 aliphatic heterocycles. The van der Waals surface area contributed by atoms with E-state index in [9.17, 15) is 9.59 Å². The van der Waals surface area contributed by atoms with Crippen molar-refractivity contribution in [2.45, 2.75) is 32.4 Å². The maximum absolute atomic E-state index is 12.5. The largest absolute Gasteiger partial charge is 0.405 e. The fourth-order valence-electron chi connectivity index (χ4n) is 2.88. The highest BCUT2D eigenvalue weighted by Gasteiger charge is 2.33. The maximum Gasteiger partial charge on any atom is 0.343 e. The van der Waals surface area contributed by atoms with Crippen LogP contribution in [0.5, 0.6) is 0 Å². The summed E-state index contributed by atoms with van der Waals surface area (Å²) in [7, 11) is 0. The molecule has 1 heterocycles. The molecule has 0 radical (unpaired) electrons. The first-order chi connectivity index (χ1) is 13.6. The van der Waals surface area contributed by atoms with E-state index >= 15 is 0 Å². The molecule has 6 nitrogen and oxygen atoms in total. The van der Waals surface area contributed by atoms with E-state index in [0.717, 1.165) is 11.1 Å². The van der Waals surface area contributed by atoms with Gasteiger partial charge < -0.3 is 10.1 Å². The van der Waals surface area contributed by atoms with E-state index < -0.39 is 12.0 Å². The van der Waals surface area contributed by atoms with Crippen LogP contribution in [0.25, 0.3) is 0 Å². The minimum absolute atomic E-state index is 0.0764. The second-order valence-electron chi connectivity index (χ2n) is 6.50. The summed E-state index contributed by atoms with van der Waals surface area (Å²) >= 11 is 0. The van der Waals surface area contributed by atoms with Crippen LogP contribution in [-0.4, -0.2) is 36.1 Å². The number of amides is 1. The molecule has 28 heavy (non-hydrogen) atoms. The Morgan fingerprint density at radius 1 is 1.11 bits per heavy atom. The Kier molecular flexibility index (Phi) is 6.68. The molecule has 0 aliphatic carbocycles. The number of nitrogens with one attached hydrogen (secondary N) is 1. The standard InChI is InChI=1S/C22H23N3O3/c1-16(26)23-14-8-13-19(24-15-17-9-4-2-5-10-17)20-22(27)28-21(25-20)18-11-6-3-7-12-18/h2-7,9-12,20H,8,13-15H2,1H3,(H,23,26). The Morgan fingerprint density at radius 3 is 2.46 bits per heavy atom. The van der Waals surface area contributed by atoms with E-state index in [1.54, 1.807) is 0 Å². The molecule has 0 aromatic heterocycles. The SMILES string of the molecule is CC(=O)NCCCC(=NCc1ccccc1)C1N=C(c2ccccc2)OC1=O. The second kappa shape index (κ2) is 9.60. The van der Waals surface area contributed by atoms with Gasteiger partial charge in [0.1, 0.15) is 0 Å². The Hall–Kier alpha value is -3.28. The highest BCUT2D eigenvalue weighted by Crippen LogP contribution is 2.17. The van der Waals surface area contributed by atoms with Crippen LogP contribution in [-0.2, 0) is 20.9 Å². The molecule has 1 aliphatic rings.